The molecule has 0 atom stereocenters. The van der Waals surface area contributed by atoms with Crippen molar-refractivity contribution in [2.24, 2.45) is 0 Å². The highest BCUT2D eigenvalue weighted by Gasteiger charge is 2.16. The van der Waals surface area contributed by atoms with Gasteiger partial charge < -0.3 is 9.74 Å². The number of hydrogen-bond acceptors (Lipinski definition) is 3. The number of carbonyl (C=O) groups excluding carboxylic acids is 1. The summed E-state index contributed by atoms with van der Waals surface area (Å²) in [6.45, 7) is 4.37. The molecule has 1 rings (SSSR count). The fourth-order valence-corrected chi connectivity index (χ4v) is 1.27. The molecule has 1 amide bonds. The number of rotatable bonds is 2. The summed E-state index contributed by atoms with van der Waals surface area (Å²) in [6.07, 6.45) is 3.26. The van der Waals surface area contributed by atoms with Crippen molar-refractivity contribution in [2.45, 2.75) is 26.2 Å². The van der Waals surface area contributed by atoms with Crippen LogP contribution in [-0.4, -0.2) is 42.7 Å². The maximum atomic E-state index is 11.3. The van der Waals surface area contributed by atoms with Crippen molar-refractivity contribution in [3.05, 3.63) is 0 Å². The fourth-order valence-electron chi connectivity index (χ4n) is 1.27. The van der Waals surface area contributed by atoms with Gasteiger partial charge in [-0.2, -0.15) is 0 Å². The summed E-state index contributed by atoms with van der Waals surface area (Å²) in [5, 5.41) is 1.76. The van der Waals surface area contributed by atoms with Crippen LogP contribution in [0.3, 0.4) is 0 Å². The zero-order valence-electron chi connectivity index (χ0n) is 8.45. The van der Waals surface area contributed by atoms with Gasteiger partial charge in [0.1, 0.15) is 0 Å². The van der Waals surface area contributed by atoms with Crippen molar-refractivity contribution >= 4 is 6.09 Å². The van der Waals surface area contributed by atoms with Crippen LogP contribution in [-0.2, 0) is 4.84 Å². The van der Waals surface area contributed by atoms with Crippen LogP contribution in [0.25, 0.3) is 0 Å². The third kappa shape index (κ3) is 3.22. The van der Waals surface area contributed by atoms with Crippen LogP contribution in [0, 0.1) is 0 Å². The Balaban J connectivity index is 2.26. The first-order valence-electron chi connectivity index (χ1n) is 4.92. The van der Waals surface area contributed by atoms with E-state index < -0.39 is 0 Å². The third-order valence-electron chi connectivity index (χ3n) is 2.31. The molecule has 0 N–H and O–H groups in total. The Morgan fingerprint density at radius 2 is 2.00 bits per heavy atom. The Hall–Kier alpha value is -0.770. The van der Waals surface area contributed by atoms with Gasteiger partial charge in [-0.15, -0.1) is 5.06 Å². The average molecular weight is 186 g/mol. The van der Waals surface area contributed by atoms with Gasteiger partial charge >= 0.3 is 6.09 Å². The standard InChI is InChI=1S/C9H18N2O2/c1-3-10(2)9(12)13-11-7-5-4-6-8-11/h3-8H2,1-2H3. The zero-order chi connectivity index (χ0) is 9.68. The first-order valence-corrected chi connectivity index (χ1v) is 4.92. The third-order valence-corrected chi connectivity index (χ3v) is 2.31. The molecule has 0 spiro atoms. The van der Waals surface area contributed by atoms with Gasteiger partial charge in [-0.25, -0.2) is 4.79 Å². The molecule has 0 bridgehead atoms. The lowest BCUT2D eigenvalue weighted by atomic mass is 10.2. The molecule has 0 aromatic rings. The smallest absolute Gasteiger partial charge is 0.351 e. The minimum Gasteiger partial charge on any atom is -0.351 e. The molecular formula is C9H18N2O2. The molecule has 0 unspecified atom stereocenters. The van der Waals surface area contributed by atoms with Crippen LogP contribution in [0.1, 0.15) is 26.2 Å². The molecule has 4 nitrogen and oxygen atoms in total. The van der Waals surface area contributed by atoms with Crippen molar-refractivity contribution in [3.63, 3.8) is 0 Å². The highest BCUT2D eigenvalue weighted by atomic mass is 16.7. The maximum Gasteiger partial charge on any atom is 0.428 e. The van der Waals surface area contributed by atoms with E-state index in [0.29, 0.717) is 6.54 Å². The van der Waals surface area contributed by atoms with E-state index in [2.05, 4.69) is 0 Å². The molecular weight excluding hydrogens is 168 g/mol. The molecule has 0 saturated carbocycles. The van der Waals surface area contributed by atoms with Crippen molar-refractivity contribution in [3.8, 4) is 0 Å². The second-order valence-electron chi connectivity index (χ2n) is 3.36. The Morgan fingerprint density at radius 3 is 2.54 bits per heavy atom. The van der Waals surface area contributed by atoms with E-state index >= 15 is 0 Å². The highest BCUT2D eigenvalue weighted by molar-refractivity contribution is 5.66. The van der Waals surface area contributed by atoms with E-state index in [-0.39, 0.29) is 6.09 Å². The van der Waals surface area contributed by atoms with Crippen LogP contribution in [0.5, 0.6) is 0 Å². The van der Waals surface area contributed by atoms with Gasteiger partial charge in [0.2, 0.25) is 0 Å². The molecule has 1 heterocycles. The minimum absolute atomic E-state index is 0.246. The molecule has 0 aromatic carbocycles. The monoisotopic (exact) mass is 186 g/mol. The molecule has 13 heavy (non-hydrogen) atoms. The van der Waals surface area contributed by atoms with Gasteiger partial charge in [-0.1, -0.05) is 6.42 Å². The molecule has 1 aliphatic heterocycles. The van der Waals surface area contributed by atoms with Gasteiger partial charge in [0.25, 0.3) is 0 Å². The number of hydrogen-bond donors (Lipinski definition) is 0. The number of hydroxylamine groups is 2. The Bertz CT molecular complexity index is 167. The number of piperidine rings is 1. The SMILES string of the molecule is CCN(C)C(=O)ON1CCCCC1. The largest absolute Gasteiger partial charge is 0.428 e. The summed E-state index contributed by atoms with van der Waals surface area (Å²) < 4.78 is 0. The summed E-state index contributed by atoms with van der Waals surface area (Å²) >= 11 is 0. The lowest BCUT2D eigenvalue weighted by molar-refractivity contribution is -0.120. The van der Waals surface area contributed by atoms with Gasteiger partial charge in [-0.3, -0.25) is 0 Å². The number of carbonyl (C=O) groups is 1. The minimum atomic E-state index is -0.246. The van der Waals surface area contributed by atoms with E-state index in [1.165, 1.54) is 6.42 Å². The normalized spacial score (nSPS) is 18.3. The van der Waals surface area contributed by atoms with E-state index in [1.807, 2.05) is 6.92 Å². The summed E-state index contributed by atoms with van der Waals surface area (Å²) in [7, 11) is 1.74. The molecule has 0 radical (unpaired) electrons. The molecule has 0 aromatic heterocycles. The molecule has 4 heteroatoms. The zero-order valence-corrected chi connectivity index (χ0v) is 8.45. The second kappa shape index (κ2) is 5.07. The quantitative estimate of drug-likeness (QED) is 0.654. The lowest BCUT2D eigenvalue weighted by Crippen LogP contribution is -2.37. The van der Waals surface area contributed by atoms with Crippen molar-refractivity contribution in [1.82, 2.24) is 9.96 Å². The number of nitrogens with zero attached hydrogens (tertiary/aromatic N) is 2. The fraction of sp³-hybridized carbons (Fsp3) is 0.889. The van der Waals surface area contributed by atoms with Crippen LogP contribution < -0.4 is 0 Å². The van der Waals surface area contributed by atoms with Crippen molar-refractivity contribution in [2.75, 3.05) is 26.7 Å². The van der Waals surface area contributed by atoms with Crippen LogP contribution in [0.2, 0.25) is 0 Å². The molecule has 1 saturated heterocycles. The Morgan fingerprint density at radius 1 is 1.38 bits per heavy atom. The first-order chi connectivity index (χ1) is 6.24. The van der Waals surface area contributed by atoms with Gasteiger partial charge in [0.15, 0.2) is 0 Å². The average Bonchev–Trinajstić information content (AvgIpc) is 2.18. The summed E-state index contributed by atoms with van der Waals surface area (Å²) in [5.41, 5.74) is 0. The molecule has 76 valence electrons. The predicted octanol–water partition coefficient (Wildman–Crippen LogP) is 1.48. The molecule has 1 fully saturated rings. The maximum absolute atomic E-state index is 11.3. The van der Waals surface area contributed by atoms with Crippen LogP contribution in [0.15, 0.2) is 0 Å². The van der Waals surface area contributed by atoms with Crippen LogP contribution in [0.4, 0.5) is 4.79 Å². The van der Waals surface area contributed by atoms with Crippen molar-refractivity contribution < 1.29 is 9.63 Å². The second-order valence-corrected chi connectivity index (χ2v) is 3.36. The summed E-state index contributed by atoms with van der Waals surface area (Å²) in [6, 6.07) is 0. The predicted molar refractivity (Wildman–Crippen MR) is 50.2 cm³/mol. The van der Waals surface area contributed by atoms with Gasteiger partial charge in [-0.05, 0) is 19.8 Å². The van der Waals surface area contributed by atoms with Gasteiger partial charge in [0.05, 0.1) is 0 Å². The van der Waals surface area contributed by atoms with E-state index in [4.69, 9.17) is 4.84 Å². The van der Waals surface area contributed by atoms with Gasteiger partial charge in [0, 0.05) is 26.7 Å². The Labute approximate surface area is 79.4 Å². The first kappa shape index (κ1) is 10.3. The summed E-state index contributed by atoms with van der Waals surface area (Å²) in [5.74, 6) is 0. The van der Waals surface area contributed by atoms with E-state index in [9.17, 15) is 4.79 Å². The number of amides is 1. The van der Waals surface area contributed by atoms with E-state index in [0.717, 1.165) is 25.9 Å². The molecule has 1 aliphatic rings. The van der Waals surface area contributed by atoms with E-state index in [1.54, 1.807) is 17.0 Å². The van der Waals surface area contributed by atoms with Crippen LogP contribution >= 0.6 is 0 Å². The summed E-state index contributed by atoms with van der Waals surface area (Å²) in [4.78, 5) is 18.0. The highest BCUT2D eigenvalue weighted by Crippen LogP contribution is 2.09. The topological polar surface area (TPSA) is 32.8 Å². The lowest BCUT2D eigenvalue weighted by Gasteiger charge is -2.26. The van der Waals surface area contributed by atoms with Crippen molar-refractivity contribution in [1.29, 1.82) is 0 Å². The Kier molecular flexibility index (Phi) is 4.02. The molecule has 0 aliphatic carbocycles.